The second kappa shape index (κ2) is 14.2. The van der Waals surface area contributed by atoms with Crippen LogP contribution in [0.1, 0.15) is 51.8 Å². The number of hydrogen-bond acceptors (Lipinski definition) is 10. The highest BCUT2D eigenvalue weighted by Crippen LogP contribution is 2.36. The zero-order valence-electron chi connectivity index (χ0n) is 25.3. The second-order valence-electron chi connectivity index (χ2n) is 9.57. The number of rotatable bonds is 12. The van der Waals surface area contributed by atoms with E-state index in [1.165, 1.54) is 23.0 Å². The molecule has 1 aromatic heterocycles. The Morgan fingerprint density at radius 3 is 2.35 bits per heavy atom. The minimum Gasteiger partial charge on any atom is -0.490 e. The molecule has 0 amide bonds. The van der Waals surface area contributed by atoms with E-state index in [9.17, 15) is 14.4 Å². The van der Waals surface area contributed by atoms with Crippen molar-refractivity contribution in [3.8, 4) is 11.5 Å². The summed E-state index contributed by atoms with van der Waals surface area (Å²) in [6.45, 7) is 11.5. The highest BCUT2D eigenvalue weighted by atomic mass is 32.1. The van der Waals surface area contributed by atoms with Crippen molar-refractivity contribution in [3.05, 3.63) is 84.5 Å². The Labute approximate surface area is 254 Å². The first kappa shape index (κ1) is 31.6. The average Bonchev–Trinajstić information content (AvgIpc) is 3.30. The van der Waals surface area contributed by atoms with Crippen LogP contribution in [0.4, 0.5) is 5.69 Å². The standard InChI is InChI=1S/C32H37N3O7S/c1-7-34(8-2)23-14-11-21(12-15-23)17-26-30(37)35-29(28(31(38)41-10-4)20(5)33-32(35)43-26)22-13-16-24(25(18-22)40-9-3)42-19-27(36)39-6/h11-18,29H,7-10,19H2,1-6H3/b26-17-/t29-/m0/s1. The fourth-order valence-corrected chi connectivity index (χ4v) is 5.95. The number of carbonyl (C=O) groups is 2. The fraction of sp³-hybridized carbons (Fsp3) is 0.375. The van der Waals surface area contributed by atoms with E-state index in [0.29, 0.717) is 38.7 Å². The Hall–Kier alpha value is -4.38. The molecule has 0 radical (unpaired) electrons. The summed E-state index contributed by atoms with van der Waals surface area (Å²) in [6, 6.07) is 12.3. The smallest absolute Gasteiger partial charge is 0.343 e. The molecule has 2 aromatic carbocycles. The van der Waals surface area contributed by atoms with Crippen LogP contribution in [-0.2, 0) is 19.1 Å². The van der Waals surface area contributed by atoms with Crippen molar-refractivity contribution in [2.45, 2.75) is 40.7 Å². The maximum atomic E-state index is 14.0. The van der Waals surface area contributed by atoms with Gasteiger partial charge in [0.1, 0.15) is 0 Å². The van der Waals surface area contributed by atoms with Crippen molar-refractivity contribution in [1.82, 2.24) is 4.57 Å². The van der Waals surface area contributed by atoms with Gasteiger partial charge in [0.25, 0.3) is 5.56 Å². The predicted molar refractivity (Wildman–Crippen MR) is 166 cm³/mol. The first-order valence-corrected chi connectivity index (χ1v) is 15.1. The van der Waals surface area contributed by atoms with Crippen molar-refractivity contribution >= 4 is 35.0 Å². The van der Waals surface area contributed by atoms with Gasteiger partial charge in [-0.3, -0.25) is 9.36 Å². The van der Waals surface area contributed by atoms with E-state index >= 15 is 0 Å². The van der Waals surface area contributed by atoms with E-state index in [1.54, 1.807) is 32.0 Å². The summed E-state index contributed by atoms with van der Waals surface area (Å²) in [4.78, 5) is 46.3. The number of anilines is 1. The van der Waals surface area contributed by atoms with Crippen LogP contribution in [0.15, 0.2) is 63.5 Å². The monoisotopic (exact) mass is 607 g/mol. The summed E-state index contributed by atoms with van der Waals surface area (Å²) in [6.07, 6.45) is 1.84. The van der Waals surface area contributed by atoms with E-state index < -0.39 is 18.0 Å². The van der Waals surface area contributed by atoms with Crippen LogP contribution in [0.3, 0.4) is 0 Å². The molecule has 0 saturated carbocycles. The molecule has 11 heteroatoms. The van der Waals surface area contributed by atoms with Gasteiger partial charge in [0.15, 0.2) is 22.9 Å². The third-order valence-corrected chi connectivity index (χ3v) is 7.98. The molecule has 0 N–H and O–H groups in total. The molecule has 0 bridgehead atoms. The van der Waals surface area contributed by atoms with E-state index in [0.717, 1.165) is 24.3 Å². The molecule has 1 aliphatic heterocycles. The zero-order chi connectivity index (χ0) is 31.1. The quantitative estimate of drug-likeness (QED) is 0.288. The summed E-state index contributed by atoms with van der Waals surface area (Å²) in [7, 11) is 1.28. The van der Waals surface area contributed by atoms with Gasteiger partial charge < -0.3 is 23.8 Å². The molecule has 1 aliphatic rings. The topological polar surface area (TPSA) is 109 Å². The van der Waals surface area contributed by atoms with Crippen LogP contribution < -0.4 is 29.3 Å². The number of hydrogen-bond donors (Lipinski definition) is 0. The Kier molecular flexibility index (Phi) is 10.4. The van der Waals surface area contributed by atoms with Crippen molar-refractivity contribution in [3.63, 3.8) is 0 Å². The van der Waals surface area contributed by atoms with Gasteiger partial charge in [0, 0.05) is 18.8 Å². The van der Waals surface area contributed by atoms with Gasteiger partial charge in [-0.2, -0.15) is 0 Å². The van der Waals surface area contributed by atoms with Crippen molar-refractivity contribution in [2.75, 3.05) is 44.9 Å². The number of methoxy groups -OCH3 is 1. The minimum absolute atomic E-state index is 0.167. The number of allylic oxidation sites excluding steroid dienone is 1. The number of thiazole rings is 1. The van der Waals surface area contributed by atoms with E-state index in [4.69, 9.17) is 14.2 Å². The van der Waals surface area contributed by atoms with Gasteiger partial charge >= 0.3 is 11.9 Å². The van der Waals surface area contributed by atoms with Crippen molar-refractivity contribution < 1.29 is 28.5 Å². The lowest BCUT2D eigenvalue weighted by Crippen LogP contribution is -2.40. The van der Waals surface area contributed by atoms with Crippen molar-refractivity contribution in [1.29, 1.82) is 0 Å². The highest BCUT2D eigenvalue weighted by Gasteiger charge is 2.34. The van der Waals surface area contributed by atoms with Crippen LogP contribution >= 0.6 is 11.3 Å². The number of benzene rings is 2. The van der Waals surface area contributed by atoms with Gasteiger partial charge in [0.05, 0.1) is 42.2 Å². The highest BCUT2D eigenvalue weighted by molar-refractivity contribution is 7.07. The van der Waals surface area contributed by atoms with Gasteiger partial charge in [-0.15, -0.1) is 0 Å². The van der Waals surface area contributed by atoms with E-state index in [2.05, 4.69) is 28.5 Å². The molecule has 43 heavy (non-hydrogen) atoms. The molecule has 0 unspecified atom stereocenters. The lowest BCUT2D eigenvalue weighted by atomic mass is 9.95. The van der Waals surface area contributed by atoms with Gasteiger partial charge in [0.2, 0.25) is 0 Å². The van der Waals surface area contributed by atoms with Crippen LogP contribution in [0.25, 0.3) is 6.08 Å². The maximum absolute atomic E-state index is 14.0. The van der Waals surface area contributed by atoms with Crippen LogP contribution in [0.5, 0.6) is 11.5 Å². The van der Waals surface area contributed by atoms with E-state index in [1.807, 2.05) is 37.3 Å². The third-order valence-electron chi connectivity index (χ3n) is 6.99. The average molecular weight is 608 g/mol. The molecule has 3 aromatic rings. The molecule has 0 aliphatic carbocycles. The number of nitrogens with zero attached hydrogens (tertiary/aromatic N) is 3. The first-order chi connectivity index (χ1) is 20.8. The predicted octanol–water partition coefficient (Wildman–Crippen LogP) is 3.60. The molecular formula is C32H37N3O7S. The molecule has 2 heterocycles. The molecule has 1 atom stereocenters. The number of fused-ring (bicyclic) bond motifs is 1. The van der Waals surface area contributed by atoms with Crippen LogP contribution in [-0.4, -0.2) is 56.5 Å². The Morgan fingerprint density at radius 1 is 1.00 bits per heavy atom. The number of carbonyl (C=O) groups excluding carboxylic acids is 2. The Morgan fingerprint density at radius 2 is 1.72 bits per heavy atom. The molecule has 228 valence electrons. The van der Waals surface area contributed by atoms with Gasteiger partial charge in [-0.25, -0.2) is 14.6 Å². The molecule has 10 nitrogen and oxygen atoms in total. The number of aromatic nitrogens is 1. The Bertz CT molecular complexity index is 1680. The molecule has 4 rings (SSSR count). The summed E-state index contributed by atoms with van der Waals surface area (Å²) in [5, 5.41) is 0. The van der Waals surface area contributed by atoms with Gasteiger partial charge in [-0.05, 0) is 76.1 Å². The molecule has 0 fully saturated rings. The third kappa shape index (κ3) is 6.83. The minimum atomic E-state index is -0.823. The molecule has 0 saturated heterocycles. The van der Waals surface area contributed by atoms with E-state index in [-0.39, 0.29) is 24.3 Å². The van der Waals surface area contributed by atoms with Crippen molar-refractivity contribution in [2.24, 2.45) is 4.99 Å². The Balaban J connectivity index is 1.85. The normalized spacial score (nSPS) is 14.6. The maximum Gasteiger partial charge on any atom is 0.343 e. The zero-order valence-corrected chi connectivity index (χ0v) is 26.2. The number of esters is 2. The van der Waals surface area contributed by atoms with Crippen LogP contribution in [0.2, 0.25) is 0 Å². The van der Waals surface area contributed by atoms with Crippen LogP contribution in [0, 0.1) is 0 Å². The SMILES string of the molecule is CCOC(=O)C1=C(C)N=c2s/c(=C\c3ccc(N(CC)CC)cc3)c(=O)n2[C@H]1c1ccc(OCC(=O)OC)c(OCC)c1. The number of ether oxygens (including phenoxy) is 4. The second-order valence-corrected chi connectivity index (χ2v) is 10.6. The molecular weight excluding hydrogens is 570 g/mol. The first-order valence-electron chi connectivity index (χ1n) is 14.3. The van der Waals surface area contributed by atoms with Gasteiger partial charge in [-0.1, -0.05) is 29.5 Å². The summed E-state index contributed by atoms with van der Waals surface area (Å²) >= 11 is 1.26. The summed E-state index contributed by atoms with van der Waals surface area (Å²) < 4.78 is 23.5. The lowest BCUT2D eigenvalue weighted by Gasteiger charge is -2.25. The summed E-state index contributed by atoms with van der Waals surface area (Å²) in [5.74, 6) is -0.407. The lowest BCUT2D eigenvalue weighted by molar-refractivity contribution is -0.143. The molecule has 0 spiro atoms. The summed E-state index contributed by atoms with van der Waals surface area (Å²) in [5.41, 5.74) is 3.04. The fourth-order valence-electron chi connectivity index (χ4n) is 4.91. The largest absolute Gasteiger partial charge is 0.490 e.